The number of carbonyl (C=O) groups excluding carboxylic acids is 1. The number of aromatic carboxylic acids is 1. The SMILES string of the molecule is C[C@]12CCN(C1)c1ccc(-c3ccnc(C(=O)O)c3)nc1N2C(=O)Nc1cnccn1. The van der Waals surface area contributed by atoms with Crippen molar-refractivity contribution >= 4 is 29.3 Å². The molecule has 1 fully saturated rings. The van der Waals surface area contributed by atoms with Crippen LogP contribution in [0.2, 0.25) is 0 Å². The van der Waals surface area contributed by atoms with Crippen LogP contribution in [0.5, 0.6) is 0 Å². The van der Waals surface area contributed by atoms with E-state index in [1.54, 1.807) is 11.0 Å². The normalized spacial score (nSPS) is 19.1. The van der Waals surface area contributed by atoms with Gasteiger partial charge in [0.2, 0.25) is 0 Å². The summed E-state index contributed by atoms with van der Waals surface area (Å²) in [4.78, 5) is 45.3. The minimum atomic E-state index is -1.11. The Labute approximate surface area is 177 Å². The Morgan fingerprint density at radius 2 is 2.03 bits per heavy atom. The molecule has 10 nitrogen and oxygen atoms in total. The van der Waals surface area contributed by atoms with Gasteiger partial charge in [-0.1, -0.05) is 0 Å². The van der Waals surface area contributed by atoms with Gasteiger partial charge in [0.1, 0.15) is 5.69 Å². The summed E-state index contributed by atoms with van der Waals surface area (Å²) in [7, 11) is 0. The number of fused-ring (bicyclic) bond motifs is 4. The van der Waals surface area contributed by atoms with Crippen molar-refractivity contribution in [2.45, 2.75) is 18.9 Å². The summed E-state index contributed by atoms with van der Waals surface area (Å²) in [5, 5.41) is 12.1. The van der Waals surface area contributed by atoms with Crippen LogP contribution >= 0.6 is 0 Å². The lowest BCUT2D eigenvalue weighted by atomic mass is 9.97. The van der Waals surface area contributed by atoms with Crippen molar-refractivity contribution in [1.82, 2.24) is 19.9 Å². The summed E-state index contributed by atoms with van der Waals surface area (Å²) < 4.78 is 0. The number of nitrogens with zero attached hydrogens (tertiary/aromatic N) is 6. The van der Waals surface area contributed by atoms with Gasteiger partial charge in [-0.25, -0.2) is 24.5 Å². The summed E-state index contributed by atoms with van der Waals surface area (Å²) >= 11 is 0. The molecule has 3 aromatic rings. The number of rotatable bonds is 3. The molecule has 1 atom stereocenters. The van der Waals surface area contributed by atoms with Gasteiger partial charge in [0, 0.05) is 37.2 Å². The molecule has 2 N–H and O–H groups in total. The van der Waals surface area contributed by atoms with E-state index in [2.05, 4.69) is 25.2 Å². The number of amides is 2. The highest BCUT2D eigenvalue weighted by molar-refractivity contribution is 6.05. The van der Waals surface area contributed by atoms with Crippen LogP contribution in [0, 0.1) is 0 Å². The number of nitrogens with one attached hydrogen (secondary N) is 1. The second-order valence-electron chi connectivity index (χ2n) is 7.80. The highest BCUT2D eigenvalue weighted by Gasteiger charge is 2.48. The molecule has 3 aromatic heterocycles. The average Bonchev–Trinajstić information content (AvgIpc) is 3.11. The number of pyridine rings is 2. The van der Waals surface area contributed by atoms with Crippen LogP contribution < -0.4 is 15.1 Å². The van der Waals surface area contributed by atoms with Crippen LogP contribution in [-0.4, -0.2) is 55.7 Å². The van der Waals surface area contributed by atoms with Crippen LogP contribution in [-0.2, 0) is 0 Å². The summed E-state index contributed by atoms with van der Waals surface area (Å²) in [6.07, 6.45) is 6.77. The lowest BCUT2D eigenvalue weighted by Gasteiger charge is -2.42. The maximum Gasteiger partial charge on any atom is 0.354 e. The number of hydrogen-bond acceptors (Lipinski definition) is 7. The highest BCUT2D eigenvalue weighted by atomic mass is 16.4. The zero-order valence-electron chi connectivity index (χ0n) is 16.7. The molecule has 0 aliphatic carbocycles. The smallest absolute Gasteiger partial charge is 0.354 e. The molecule has 2 amide bonds. The maximum absolute atomic E-state index is 13.3. The maximum atomic E-state index is 13.3. The van der Waals surface area contributed by atoms with E-state index in [1.165, 1.54) is 30.9 Å². The minimum absolute atomic E-state index is 0.0648. The third kappa shape index (κ3) is 3.21. The molecule has 156 valence electrons. The van der Waals surface area contributed by atoms with Gasteiger partial charge in [0.15, 0.2) is 11.6 Å². The Kier molecular flexibility index (Phi) is 4.28. The topological polar surface area (TPSA) is 124 Å². The van der Waals surface area contributed by atoms with Gasteiger partial charge in [-0.2, -0.15) is 0 Å². The fourth-order valence-corrected chi connectivity index (χ4v) is 4.18. The summed E-state index contributed by atoms with van der Waals surface area (Å²) in [5.41, 5.74) is 1.54. The molecule has 5 rings (SSSR count). The molecule has 0 saturated carbocycles. The summed E-state index contributed by atoms with van der Waals surface area (Å²) in [6, 6.07) is 6.59. The molecule has 0 spiro atoms. The quantitative estimate of drug-likeness (QED) is 0.666. The van der Waals surface area contributed by atoms with E-state index in [4.69, 9.17) is 4.98 Å². The Morgan fingerprint density at radius 3 is 2.81 bits per heavy atom. The van der Waals surface area contributed by atoms with Crippen molar-refractivity contribution in [2.24, 2.45) is 0 Å². The molecule has 5 heterocycles. The zero-order chi connectivity index (χ0) is 21.6. The van der Waals surface area contributed by atoms with E-state index in [9.17, 15) is 14.7 Å². The van der Waals surface area contributed by atoms with E-state index in [0.29, 0.717) is 29.4 Å². The number of urea groups is 1. The van der Waals surface area contributed by atoms with Gasteiger partial charge in [-0.05, 0) is 37.6 Å². The molecular weight excluding hydrogens is 398 g/mol. The second kappa shape index (κ2) is 7.01. The number of carbonyl (C=O) groups is 2. The van der Waals surface area contributed by atoms with Crippen molar-refractivity contribution < 1.29 is 14.7 Å². The molecule has 31 heavy (non-hydrogen) atoms. The summed E-state index contributed by atoms with van der Waals surface area (Å²) in [5.74, 6) is -0.227. The lowest BCUT2D eigenvalue weighted by Crippen LogP contribution is -2.56. The minimum Gasteiger partial charge on any atom is -0.477 e. The third-order valence-electron chi connectivity index (χ3n) is 5.67. The number of anilines is 3. The van der Waals surface area contributed by atoms with Gasteiger partial charge < -0.3 is 10.0 Å². The standard InChI is InChI=1S/C21H19N7O3/c1-21-5-9-27(12-21)16-3-2-14(13-4-6-23-15(10-13)19(29)30)25-18(16)28(21)20(31)26-17-11-22-7-8-24-17/h2-4,6-8,10-11H,5,9,12H2,1H3,(H,29,30)(H,24,26,31)/t21-/m0/s1. The second-order valence-corrected chi connectivity index (χ2v) is 7.80. The van der Waals surface area contributed by atoms with Crippen molar-refractivity contribution in [2.75, 3.05) is 28.2 Å². The summed E-state index contributed by atoms with van der Waals surface area (Å²) in [6.45, 7) is 3.56. The van der Waals surface area contributed by atoms with Crippen LogP contribution in [0.25, 0.3) is 11.3 Å². The molecule has 0 aromatic carbocycles. The van der Waals surface area contributed by atoms with Gasteiger partial charge in [-0.15, -0.1) is 0 Å². The number of aromatic nitrogens is 4. The van der Waals surface area contributed by atoms with E-state index >= 15 is 0 Å². The van der Waals surface area contributed by atoms with E-state index < -0.39 is 11.5 Å². The van der Waals surface area contributed by atoms with Crippen molar-refractivity contribution in [3.8, 4) is 11.3 Å². The highest BCUT2D eigenvalue weighted by Crippen LogP contribution is 2.45. The van der Waals surface area contributed by atoms with Crippen LogP contribution in [0.15, 0.2) is 49.1 Å². The molecule has 0 radical (unpaired) electrons. The Morgan fingerprint density at radius 1 is 1.16 bits per heavy atom. The van der Waals surface area contributed by atoms with Crippen LogP contribution in [0.1, 0.15) is 23.8 Å². The largest absolute Gasteiger partial charge is 0.477 e. The van der Waals surface area contributed by atoms with E-state index in [-0.39, 0.29) is 11.7 Å². The predicted molar refractivity (Wildman–Crippen MR) is 113 cm³/mol. The first-order valence-electron chi connectivity index (χ1n) is 9.78. The van der Waals surface area contributed by atoms with E-state index in [0.717, 1.165) is 18.7 Å². The predicted octanol–water partition coefficient (Wildman–Crippen LogP) is 2.65. The molecule has 2 bridgehead atoms. The van der Waals surface area contributed by atoms with Crippen molar-refractivity contribution in [3.63, 3.8) is 0 Å². The molecular formula is C21H19N7O3. The molecule has 1 saturated heterocycles. The lowest BCUT2D eigenvalue weighted by molar-refractivity contribution is 0.0690. The first-order valence-corrected chi connectivity index (χ1v) is 9.78. The molecule has 2 aliphatic heterocycles. The van der Waals surface area contributed by atoms with E-state index in [1.807, 2.05) is 19.1 Å². The molecule has 2 aliphatic rings. The Bertz CT molecular complexity index is 1190. The average molecular weight is 417 g/mol. The van der Waals surface area contributed by atoms with Gasteiger partial charge in [0.25, 0.3) is 0 Å². The fourth-order valence-electron chi connectivity index (χ4n) is 4.18. The first kappa shape index (κ1) is 18.9. The third-order valence-corrected chi connectivity index (χ3v) is 5.67. The van der Waals surface area contributed by atoms with Gasteiger partial charge in [0.05, 0.1) is 23.1 Å². The number of carboxylic acid groups (broad SMARTS) is 1. The monoisotopic (exact) mass is 417 g/mol. The molecule has 0 unspecified atom stereocenters. The van der Waals surface area contributed by atoms with Crippen LogP contribution in [0.3, 0.4) is 0 Å². The fraction of sp³-hybridized carbons (Fsp3) is 0.238. The zero-order valence-corrected chi connectivity index (χ0v) is 16.7. The van der Waals surface area contributed by atoms with Gasteiger partial charge >= 0.3 is 12.0 Å². The number of hydrogen-bond donors (Lipinski definition) is 2. The number of carboxylic acids is 1. The van der Waals surface area contributed by atoms with Gasteiger partial charge in [-0.3, -0.25) is 15.2 Å². The Balaban J connectivity index is 1.58. The van der Waals surface area contributed by atoms with Crippen molar-refractivity contribution in [3.05, 3.63) is 54.7 Å². The van der Waals surface area contributed by atoms with Crippen LogP contribution in [0.4, 0.5) is 22.1 Å². The Hall–Kier alpha value is -4.08. The first-order chi connectivity index (χ1) is 14.9. The van der Waals surface area contributed by atoms with Crippen molar-refractivity contribution in [1.29, 1.82) is 0 Å². The molecule has 10 heteroatoms.